The molecule has 0 N–H and O–H groups in total. The van der Waals surface area contributed by atoms with Gasteiger partial charge in [0.2, 0.25) is 0 Å². The van der Waals surface area contributed by atoms with Gasteiger partial charge in [0.1, 0.15) is 23.8 Å². The Bertz CT molecular complexity index is 1250. The summed E-state index contributed by atoms with van der Waals surface area (Å²) >= 11 is 6.45. The van der Waals surface area contributed by atoms with Crippen LogP contribution in [0.1, 0.15) is 43.7 Å². The number of esters is 1. The average molecular weight is 510 g/mol. The molecular formula is C27H29BClNO6. The fourth-order valence-corrected chi connectivity index (χ4v) is 3.90. The number of nitrogens with zero attached hydrogens (tertiary/aromatic N) is 1. The lowest BCUT2D eigenvalue weighted by Gasteiger charge is -2.32. The molecule has 0 bridgehead atoms. The molecule has 0 unspecified atom stereocenters. The zero-order chi connectivity index (χ0) is 26.1. The van der Waals surface area contributed by atoms with Crippen molar-refractivity contribution in [1.82, 2.24) is 4.98 Å². The van der Waals surface area contributed by atoms with Crippen molar-refractivity contribution in [3.8, 4) is 22.8 Å². The van der Waals surface area contributed by atoms with Gasteiger partial charge in [-0.15, -0.1) is 0 Å². The zero-order valence-electron chi connectivity index (χ0n) is 21.3. The van der Waals surface area contributed by atoms with Crippen LogP contribution in [0.15, 0.2) is 54.6 Å². The molecule has 0 spiro atoms. The van der Waals surface area contributed by atoms with E-state index in [1.807, 2.05) is 58.0 Å². The summed E-state index contributed by atoms with van der Waals surface area (Å²) in [7, 11) is 2.26. The van der Waals surface area contributed by atoms with Gasteiger partial charge in [-0.2, -0.15) is 0 Å². The third-order valence-corrected chi connectivity index (χ3v) is 6.90. The van der Waals surface area contributed by atoms with Gasteiger partial charge in [0.25, 0.3) is 0 Å². The number of carbonyl (C=O) groups excluding carboxylic acids is 1. The predicted octanol–water partition coefficient (Wildman–Crippen LogP) is 5.08. The first-order valence-electron chi connectivity index (χ1n) is 11.5. The van der Waals surface area contributed by atoms with Crippen molar-refractivity contribution in [1.29, 1.82) is 0 Å². The highest BCUT2D eigenvalue weighted by Crippen LogP contribution is 2.38. The number of rotatable bonds is 7. The Morgan fingerprint density at radius 1 is 0.972 bits per heavy atom. The number of methoxy groups -OCH3 is 2. The van der Waals surface area contributed by atoms with E-state index in [0.29, 0.717) is 34.1 Å². The minimum Gasteiger partial charge on any atom is -0.497 e. The molecule has 9 heteroatoms. The third kappa shape index (κ3) is 5.21. The fourth-order valence-electron chi connectivity index (χ4n) is 3.72. The van der Waals surface area contributed by atoms with Gasteiger partial charge in [-0.05, 0) is 63.6 Å². The third-order valence-electron chi connectivity index (χ3n) is 6.59. The molecule has 4 rings (SSSR count). The van der Waals surface area contributed by atoms with Crippen LogP contribution in [-0.2, 0) is 20.7 Å². The maximum absolute atomic E-state index is 12.3. The number of hydrogen-bond acceptors (Lipinski definition) is 7. The van der Waals surface area contributed by atoms with E-state index in [9.17, 15) is 4.79 Å². The highest BCUT2D eigenvalue weighted by Gasteiger charge is 2.52. The van der Waals surface area contributed by atoms with Crippen LogP contribution in [0.5, 0.6) is 11.5 Å². The molecule has 0 radical (unpaired) electrons. The minimum absolute atomic E-state index is 0.170. The number of benzene rings is 2. The molecule has 0 aliphatic carbocycles. The van der Waals surface area contributed by atoms with E-state index in [0.717, 1.165) is 11.3 Å². The summed E-state index contributed by atoms with van der Waals surface area (Å²) in [5.41, 5.74) is 1.95. The first-order valence-corrected chi connectivity index (χ1v) is 11.9. The maximum Gasteiger partial charge on any atom is 0.497 e. The number of hydrogen-bond donors (Lipinski definition) is 0. The summed E-state index contributed by atoms with van der Waals surface area (Å²) in [6.07, 6.45) is 0. The van der Waals surface area contributed by atoms with Gasteiger partial charge in [0.05, 0.1) is 36.1 Å². The Kier molecular flexibility index (Phi) is 7.32. The van der Waals surface area contributed by atoms with Crippen LogP contribution >= 0.6 is 11.6 Å². The lowest BCUT2D eigenvalue weighted by atomic mass is 9.76. The zero-order valence-corrected chi connectivity index (χ0v) is 22.0. The Labute approximate surface area is 216 Å². The van der Waals surface area contributed by atoms with Crippen LogP contribution in [0.2, 0.25) is 5.02 Å². The topological polar surface area (TPSA) is 76.1 Å². The van der Waals surface area contributed by atoms with Gasteiger partial charge < -0.3 is 23.5 Å². The van der Waals surface area contributed by atoms with Crippen molar-refractivity contribution in [2.75, 3.05) is 14.2 Å². The van der Waals surface area contributed by atoms with E-state index >= 15 is 0 Å². The number of pyridine rings is 1. The highest BCUT2D eigenvalue weighted by atomic mass is 35.5. The number of ether oxygens (including phenoxy) is 3. The standard InChI is InChI=1S/C27H29BClNO6/c1-26(2)27(3,4)36-28(35-26)20-12-14-22(25(31)33-6)30-24(20)18-9-13-21(29)23(15-18)34-16-17-7-10-19(32-5)11-8-17/h7-15H,16H2,1-6H3. The predicted molar refractivity (Wildman–Crippen MR) is 139 cm³/mol. The van der Waals surface area contributed by atoms with E-state index in [-0.39, 0.29) is 5.69 Å². The number of aromatic nitrogens is 1. The van der Waals surface area contributed by atoms with Crippen molar-refractivity contribution in [2.45, 2.75) is 45.5 Å². The molecule has 36 heavy (non-hydrogen) atoms. The van der Waals surface area contributed by atoms with Crippen molar-refractivity contribution in [2.24, 2.45) is 0 Å². The van der Waals surface area contributed by atoms with E-state index in [2.05, 4.69) is 4.98 Å². The maximum atomic E-state index is 12.3. The molecular weight excluding hydrogens is 481 g/mol. The molecule has 1 fully saturated rings. The molecule has 0 saturated carbocycles. The van der Waals surface area contributed by atoms with Crippen molar-refractivity contribution < 1.29 is 28.3 Å². The molecule has 1 aliphatic rings. The summed E-state index contributed by atoms with van der Waals surface area (Å²) in [6.45, 7) is 8.24. The molecule has 1 aliphatic heterocycles. The Hall–Kier alpha value is -3.07. The average Bonchev–Trinajstić information content (AvgIpc) is 3.09. The first kappa shape index (κ1) is 26.0. The number of carbonyl (C=O) groups is 1. The lowest BCUT2D eigenvalue weighted by Crippen LogP contribution is -2.41. The van der Waals surface area contributed by atoms with Crippen molar-refractivity contribution >= 4 is 30.2 Å². The minimum atomic E-state index is -0.677. The van der Waals surface area contributed by atoms with Crippen LogP contribution < -0.4 is 14.9 Å². The normalized spacial score (nSPS) is 16.0. The van der Waals surface area contributed by atoms with Crippen molar-refractivity contribution in [3.05, 3.63) is 70.9 Å². The Balaban J connectivity index is 1.70. The van der Waals surface area contributed by atoms with Gasteiger partial charge in [0, 0.05) is 11.0 Å². The molecule has 2 aromatic carbocycles. The number of halogens is 1. The molecule has 1 aromatic heterocycles. The molecule has 1 saturated heterocycles. The summed E-state index contributed by atoms with van der Waals surface area (Å²) in [6, 6.07) is 16.3. The molecule has 3 aromatic rings. The summed E-state index contributed by atoms with van der Waals surface area (Å²) < 4.78 is 28.7. The van der Waals surface area contributed by atoms with E-state index in [4.69, 9.17) is 35.1 Å². The van der Waals surface area contributed by atoms with Crippen LogP contribution in [0.4, 0.5) is 0 Å². The highest BCUT2D eigenvalue weighted by molar-refractivity contribution is 6.63. The van der Waals surface area contributed by atoms with Gasteiger partial charge >= 0.3 is 13.1 Å². The molecule has 0 amide bonds. The van der Waals surface area contributed by atoms with Gasteiger partial charge in [-0.3, -0.25) is 0 Å². The van der Waals surface area contributed by atoms with E-state index in [1.165, 1.54) is 7.11 Å². The van der Waals surface area contributed by atoms with Gasteiger partial charge in [0.15, 0.2) is 0 Å². The summed E-state index contributed by atoms with van der Waals surface area (Å²) in [4.78, 5) is 16.9. The largest absolute Gasteiger partial charge is 0.497 e. The quantitative estimate of drug-likeness (QED) is 0.325. The molecule has 7 nitrogen and oxygen atoms in total. The lowest BCUT2D eigenvalue weighted by molar-refractivity contribution is 0.00578. The van der Waals surface area contributed by atoms with Crippen molar-refractivity contribution in [3.63, 3.8) is 0 Å². The molecule has 0 atom stereocenters. The first-order chi connectivity index (χ1) is 17.0. The molecule has 2 heterocycles. The Morgan fingerprint density at radius 2 is 1.64 bits per heavy atom. The fraction of sp³-hybridized carbons (Fsp3) is 0.333. The summed E-state index contributed by atoms with van der Waals surface area (Å²) in [5, 5.41) is 0.452. The van der Waals surface area contributed by atoms with Gasteiger partial charge in [-0.1, -0.05) is 35.9 Å². The van der Waals surface area contributed by atoms with Crippen LogP contribution in [0.25, 0.3) is 11.3 Å². The Morgan fingerprint density at radius 3 is 2.25 bits per heavy atom. The summed E-state index contributed by atoms with van der Waals surface area (Å²) in [5.74, 6) is 0.711. The smallest absolute Gasteiger partial charge is 0.497 e. The second-order valence-electron chi connectivity index (χ2n) is 9.50. The van der Waals surface area contributed by atoms with Crippen LogP contribution in [0.3, 0.4) is 0 Å². The van der Waals surface area contributed by atoms with Gasteiger partial charge in [-0.25, -0.2) is 9.78 Å². The second kappa shape index (κ2) is 10.1. The van der Waals surface area contributed by atoms with E-state index < -0.39 is 24.3 Å². The molecule has 188 valence electrons. The van der Waals surface area contributed by atoms with E-state index in [1.54, 1.807) is 31.4 Å². The van der Waals surface area contributed by atoms with Crippen LogP contribution in [-0.4, -0.2) is 43.5 Å². The SMILES string of the molecule is COC(=O)c1ccc(B2OC(C)(C)C(C)(C)O2)c(-c2ccc(Cl)c(OCc3ccc(OC)cc3)c2)n1. The monoisotopic (exact) mass is 509 g/mol. The van der Waals surface area contributed by atoms with Crippen LogP contribution in [0, 0.1) is 0 Å². The second-order valence-corrected chi connectivity index (χ2v) is 9.90.